The molecular weight excluding hydrogens is 458 g/mol. The summed E-state index contributed by atoms with van der Waals surface area (Å²) in [6.45, 7) is 7.54. The molecule has 37 heavy (non-hydrogen) atoms. The number of nitrogens with zero attached hydrogens (tertiary/aromatic N) is 1. The van der Waals surface area contributed by atoms with Crippen molar-refractivity contribution in [1.82, 2.24) is 0 Å². The van der Waals surface area contributed by atoms with Crippen LogP contribution in [0.25, 0.3) is 0 Å². The van der Waals surface area contributed by atoms with Gasteiger partial charge in [0.2, 0.25) is 0 Å². The number of esters is 1. The van der Waals surface area contributed by atoms with Crippen LogP contribution < -0.4 is 4.74 Å². The summed E-state index contributed by atoms with van der Waals surface area (Å²) in [7, 11) is 4.21. The molecule has 0 aliphatic rings. The highest BCUT2D eigenvalue weighted by atomic mass is 16.5. The van der Waals surface area contributed by atoms with Gasteiger partial charge in [0, 0.05) is 18.4 Å². The molecule has 2 aromatic rings. The summed E-state index contributed by atoms with van der Waals surface area (Å²) in [5.41, 5.74) is 2.57. The molecule has 4 nitrogen and oxygen atoms in total. The topological polar surface area (TPSA) is 35.5 Å². The lowest BCUT2D eigenvalue weighted by Crippen LogP contribution is -2.52. The number of hydrogen-bond acceptors (Lipinski definition) is 3. The first-order valence-electron chi connectivity index (χ1n) is 14.6. The van der Waals surface area contributed by atoms with Gasteiger partial charge in [0.1, 0.15) is 12.3 Å². The molecule has 0 aliphatic heterocycles. The summed E-state index contributed by atoms with van der Waals surface area (Å²) in [6.07, 6.45) is 13.2. The Hall–Kier alpha value is -2.33. The second kappa shape index (κ2) is 17.2. The summed E-state index contributed by atoms with van der Waals surface area (Å²) in [5.74, 6) is 0.783. The first-order chi connectivity index (χ1) is 17.9. The van der Waals surface area contributed by atoms with Crippen LogP contribution in [0, 0.1) is 0 Å². The minimum atomic E-state index is -0.190. The van der Waals surface area contributed by atoms with E-state index in [9.17, 15) is 4.79 Å². The van der Waals surface area contributed by atoms with Gasteiger partial charge in [0.15, 0.2) is 6.04 Å². The molecule has 0 bridgehead atoms. The number of benzene rings is 2. The van der Waals surface area contributed by atoms with Crippen molar-refractivity contribution in [2.45, 2.75) is 110 Å². The van der Waals surface area contributed by atoms with Crippen LogP contribution in [0.15, 0.2) is 54.6 Å². The van der Waals surface area contributed by atoms with Crippen molar-refractivity contribution in [3.8, 4) is 5.75 Å². The smallest absolute Gasteiger partial charge is 0.364 e. The standard InChI is InChI=1S/C33H52NO3/c1-6-8-9-10-11-12-13-15-19-29-22-18-23-31(26-29)37-28(3)24-25-36-33(35)32(7-2)34(4,5)27-30-20-16-14-17-21-30/h14,16-18,20-23,26,28,32H,6-13,15,19,24-25,27H2,1-5H3/q+1. The molecule has 0 spiro atoms. The third kappa shape index (κ3) is 12.2. The van der Waals surface area contributed by atoms with E-state index in [-0.39, 0.29) is 18.1 Å². The normalized spacial score (nSPS) is 13.2. The minimum Gasteiger partial charge on any atom is -0.491 e. The first-order valence-corrected chi connectivity index (χ1v) is 14.6. The van der Waals surface area contributed by atoms with Crippen molar-refractivity contribution < 1.29 is 18.8 Å². The molecule has 0 fully saturated rings. The number of carbonyl (C=O) groups excluding carboxylic acids is 1. The molecule has 0 aliphatic carbocycles. The number of quaternary nitrogens is 1. The van der Waals surface area contributed by atoms with E-state index in [1.54, 1.807) is 0 Å². The van der Waals surface area contributed by atoms with Crippen LogP contribution >= 0.6 is 0 Å². The van der Waals surface area contributed by atoms with Crippen LogP contribution in [0.5, 0.6) is 5.75 Å². The molecular formula is C33H52NO3+. The van der Waals surface area contributed by atoms with E-state index in [2.05, 4.69) is 58.3 Å². The molecule has 0 N–H and O–H groups in total. The van der Waals surface area contributed by atoms with Crippen LogP contribution in [0.1, 0.15) is 96.1 Å². The number of aryl methyl sites for hydroxylation is 1. The van der Waals surface area contributed by atoms with Gasteiger partial charge in [0.25, 0.3) is 0 Å². The molecule has 0 radical (unpaired) electrons. The summed E-state index contributed by atoms with van der Waals surface area (Å²) >= 11 is 0. The van der Waals surface area contributed by atoms with Gasteiger partial charge in [-0.25, -0.2) is 4.79 Å². The molecule has 2 unspecified atom stereocenters. The summed E-state index contributed by atoms with van der Waals surface area (Å²) in [5, 5.41) is 0. The maximum absolute atomic E-state index is 12.9. The number of likely N-dealkylation sites (N-methyl/N-ethyl adjacent to an activating group) is 1. The van der Waals surface area contributed by atoms with E-state index in [0.717, 1.165) is 25.1 Å². The summed E-state index contributed by atoms with van der Waals surface area (Å²) < 4.78 is 12.5. The SMILES string of the molecule is CCCCCCCCCCc1cccc(OC(C)CCOC(=O)C(CC)[N+](C)(C)Cc2ccccc2)c1. The van der Waals surface area contributed by atoms with E-state index in [4.69, 9.17) is 9.47 Å². The number of carbonyl (C=O) groups is 1. The Morgan fingerprint density at radius 3 is 2.16 bits per heavy atom. The van der Waals surface area contributed by atoms with Crippen molar-refractivity contribution in [2.75, 3.05) is 20.7 Å². The van der Waals surface area contributed by atoms with Crippen molar-refractivity contribution in [3.63, 3.8) is 0 Å². The fourth-order valence-electron chi connectivity index (χ4n) is 5.06. The van der Waals surface area contributed by atoms with E-state index < -0.39 is 0 Å². The number of unbranched alkanes of at least 4 members (excludes halogenated alkanes) is 7. The van der Waals surface area contributed by atoms with Gasteiger partial charge in [-0.2, -0.15) is 0 Å². The van der Waals surface area contributed by atoms with Crippen LogP contribution in [0.4, 0.5) is 0 Å². The highest BCUT2D eigenvalue weighted by Gasteiger charge is 2.35. The average Bonchev–Trinajstić information content (AvgIpc) is 2.86. The molecule has 2 atom stereocenters. The Labute approximate surface area is 227 Å². The maximum Gasteiger partial charge on any atom is 0.364 e. The molecule has 2 aromatic carbocycles. The van der Waals surface area contributed by atoms with E-state index in [1.807, 2.05) is 31.2 Å². The van der Waals surface area contributed by atoms with Gasteiger partial charge in [-0.3, -0.25) is 0 Å². The van der Waals surface area contributed by atoms with Crippen LogP contribution in [0.3, 0.4) is 0 Å². The lowest BCUT2D eigenvalue weighted by molar-refractivity contribution is -0.919. The van der Waals surface area contributed by atoms with Gasteiger partial charge in [-0.05, 0) is 37.5 Å². The first kappa shape index (κ1) is 30.9. The Bertz CT molecular complexity index is 880. The highest BCUT2D eigenvalue weighted by molar-refractivity contribution is 5.74. The van der Waals surface area contributed by atoms with Gasteiger partial charge < -0.3 is 14.0 Å². The third-order valence-corrected chi connectivity index (χ3v) is 7.26. The molecule has 0 heterocycles. The monoisotopic (exact) mass is 510 g/mol. The van der Waals surface area contributed by atoms with Gasteiger partial charge in [0.05, 0.1) is 26.8 Å². The lowest BCUT2D eigenvalue weighted by atomic mass is 10.0. The van der Waals surface area contributed by atoms with Crippen LogP contribution in [-0.2, 0) is 22.5 Å². The quantitative estimate of drug-likeness (QED) is 0.109. The van der Waals surface area contributed by atoms with Crippen LogP contribution in [0.2, 0.25) is 0 Å². The molecule has 4 heteroatoms. The van der Waals surface area contributed by atoms with Crippen molar-refractivity contribution in [1.29, 1.82) is 0 Å². The minimum absolute atomic E-state index is 0.0157. The molecule has 0 saturated carbocycles. The Balaban J connectivity index is 1.71. The molecule has 2 rings (SSSR count). The second-order valence-corrected chi connectivity index (χ2v) is 11.1. The fraction of sp³-hybridized carbons (Fsp3) is 0.606. The van der Waals surface area contributed by atoms with Crippen molar-refractivity contribution >= 4 is 5.97 Å². The van der Waals surface area contributed by atoms with Gasteiger partial charge in [-0.1, -0.05) is 101 Å². The molecule has 0 amide bonds. The fourth-order valence-corrected chi connectivity index (χ4v) is 5.06. The second-order valence-electron chi connectivity index (χ2n) is 11.1. The molecule has 0 aromatic heterocycles. The molecule has 206 valence electrons. The largest absolute Gasteiger partial charge is 0.491 e. The zero-order valence-corrected chi connectivity index (χ0v) is 24.2. The predicted octanol–water partition coefficient (Wildman–Crippen LogP) is 8.13. The Morgan fingerprint density at radius 1 is 0.838 bits per heavy atom. The van der Waals surface area contributed by atoms with E-state index in [0.29, 0.717) is 17.5 Å². The maximum atomic E-state index is 12.9. The number of ether oxygens (including phenoxy) is 2. The van der Waals surface area contributed by atoms with Gasteiger partial charge in [-0.15, -0.1) is 0 Å². The molecule has 0 saturated heterocycles. The van der Waals surface area contributed by atoms with Crippen LogP contribution in [-0.4, -0.2) is 43.3 Å². The van der Waals surface area contributed by atoms with Crippen molar-refractivity contribution in [3.05, 3.63) is 65.7 Å². The predicted molar refractivity (Wildman–Crippen MR) is 155 cm³/mol. The third-order valence-electron chi connectivity index (χ3n) is 7.26. The Morgan fingerprint density at radius 2 is 1.49 bits per heavy atom. The summed E-state index contributed by atoms with van der Waals surface area (Å²) in [6, 6.07) is 18.6. The zero-order chi connectivity index (χ0) is 26.9. The van der Waals surface area contributed by atoms with Gasteiger partial charge >= 0.3 is 5.97 Å². The van der Waals surface area contributed by atoms with Crippen molar-refractivity contribution in [2.24, 2.45) is 0 Å². The number of rotatable bonds is 19. The Kier molecular flexibility index (Phi) is 14.4. The number of hydrogen-bond donors (Lipinski definition) is 0. The van der Waals surface area contributed by atoms with E-state index >= 15 is 0 Å². The lowest BCUT2D eigenvalue weighted by Gasteiger charge is -2.36. The van der Waals surface area contributed by atoms with E-state index in [1.165, 1.54) is 62.5 Å². The highest BCUT2D eigenvalue weighted by Crippen LogP contribution is 2.20. The average molecular weight is 511 g/mol. The zero-order valence-electron chi connectivity index (χ0n) is 24.2. The summed E-state index contributed by atoms with van der Waals surface area (Å²) in [4.78, 5) is 12.9.